The number of carbonyl (C=O) groups is 1. The average Bonchev–Trinajstić information content (AvgIpc) is 2.69. The van der Waals surface area contributed by atoms with Crippen molar-refractivity contribution in [2.24, 2.45) is 4.99 Å². The molecular weight excluding hydrogens is 411 g/mol. The topological polar surface area (TPSA) is 66.0 Å². The molecule has 2 aromatic carbocycles. The van der Waals surface area contributed by atoms with Crippen LogP contribution in [-0.4, -0.2) is 44.0 Å². The number of ether oxygens (including phenoxy) is 1. The van der Waals surface area contributed by atoms with Gasteiger partial charge in [-0.25, -0.2) is 4.99 Å². The Labute approximate surface area is 181 Å². The Morgan fingerprint density at radius 1 is 1.14 bits per heavy atom. The Kier molecular flexibility index (Phi) is 9.09. The van der Waals surface area contributed by atoms with Gasteiger partial charge >= 0.3 is 0 Å². The highest BCUT2D eigenvalue weighted by atomic mass is 35.5. The first kappa shape index (κ1) is 22.8. The minimum atomic E-state index is -0.0899. The maximum absolute atomic E-state index is 11.7. The molecule has 0 saturated carbocycles. The summed E-state index contributed by atoms with van der Waals surface area (Å²) in [5.74, 6) is 1.22. The lowest BCUT2D eigenvalue weighted by atomic mass is 10.2. The van der Waals surface area contributed by atoms with Crippen molar-refractivity contribution in [3.05, 3.63) is 63.6 Å². The van der Waals surface area contributed by atoms with Crippen LogP contribution in [0.5, 0.6) is 5.75 Å². The van der Waals surface area contributed by atoms with E-state index in [4.69, 9.17) is 27.9 Å². The average molecular weight is 437 g/mol. The molecule has 0 spiro atoms. The Bertz CT molecular complexity index is 856. The number of nitrogens with zero attached hydrogens (tertiary/aromatic N) is 2. The molecule has 0 aliphatic rings. The van der Waals surface area contributed by atoms with E-state index in [2.05, 4.69) is 15.6 Å². The second kappa shape index (κ2) is 11.5. The summed E-state index contributed by atoms with van der Waals surface area (Å²) in [7, 11) is 3.40. The first-order chi connectivity index (χ1) is 13.9. The Morgan fingerprint density at radius 3 is 2.62 bits per heavy atom. The van der Waals surface area contributed by atoms with Crippen molar-refractivity contribution in [1.82, 2.24) is 15.5 Å². The van der Waals surface area contributed by atoms with Crippen LogP contribution in [0.4, 0.5) is 0 Å². The van der Waals surface area contributed by atoms with Gasteiger partial charge in [0.2, 0.25) is 0 Å². The molecule has 0 aliphatic carbocycles. The molecule has 8 heteroatoms. The zero-order valence-electron chi connectivity index (χ0n) is 16.8. The molecule has 1 amide bonds. The van der Waals surface area contributed by atoms with E-state index in [0.29, 0.717) is 34.8 Å². The van der Waals surface area contributed by atoms with Crippen molar-refractivity contribution in [2.45, 2.75) is 20.0 Å². The molecule has 0 fully saturated rings. The molecule has 0 aromatic heterocycles. The Morgan fingerprint density at radius 2 is 1.93 bits per heavy atom. The molecule has 2 N–H and O–H groups in total. The molecule has 0 radical (unpaired) electrons. The summed E-state index contributed by atoms with van der Waals surface area (Å²) in [5, 5.41) is 7.69. The first-order valence-electron chi connectivity index (χ1n) is 9.27. The van der Waals surface area contributed by atoms with Crippen LogP contribution in [0.2, 0.25) is 10.0 Å². The summed E-state index contributed by atoms with van der Waals surface area (Å²) in [6.45, 7) is 3.73. The molecule has 0 saturated heterocycles. The number of nitrogens with one attached hydrogen (secondary N) is 2. The number of aliphatic imine (C=N–C) groups is 1. The van der Waals surface area contributed by atoms with E-state index in [9.17, 15) is 4.79 Å². The van der Waals surface area contributed by atoms with Crippen LogP contribution in [-0.2, 0) is 17.9 Å². The highest BCUT2D eigenvalue weighted by Crippen LogP contribution is 2.20. The summed E-state index contributed by atoms with van der Waals surface area (Å²) in [6.07, 6.45) is 0. The minimum Gasteiger partial charge on any atom is -0.484 e. The second-order valence-electron chi connectivity index (χ2n) is 6.51. The monoisotopic (exact) mass is 436 g/mol. The standard InChI is InChI=1S/C21H26Cl2N4O2/c1-4-24-21(26-13-16-8-9-17(22)11-19(16)23)25-12-15-6-5-7-18(10-15)29-14-20(28)27(2)3/h5-11H,4,12-14H2,1-3H3,(H2,24,25,26). The Balaban J connectivity index is 1.98. The second-order valence-corrected chi connectivity index (χ2v) is 7.35. The maximum atomic E-state index is 11.7. The van der Waals surface area contributed by atoms with Crippen LogP contribution < -0.4 is 15.4 Å². The van der Waals surface area contributed by atoms with E-state index < -0.39 is 0 Å². The number of carbonyl (C=O) groups excluding carboxylic acids is 1. The molecule has 0 atom stereocenters. The quantitative estimate of drug-likeness (QED) is 0.488. The van der Waals surface area contributed by atoms with Crippen molar-refractivity contribution in [2.75, 3.05) is 27.2 Å². The van der Waals surface area contributed by atoms with Crippen LogP contribution in [0.1, 0.15) is 18.1 Å². The SMILES string of the molecule is CCNC(=NCc1cccc(OCC(=O)N(C)C)c1)NCc1ccc(Cl)cc1Cl. The molecule has 2 rings (SSSR count). The van der Waals surface area contributed by atoms with Crippen molar-refractivity contribution < 1.29 is 9.53 Å². The van der Waals surface area contributed by atoms with Crippen LogP contribution in [0.3, 0.4) is 0 Å². The van der Waals surface area contributed by atoms with E-state index in [1.165, 1.54) is 4.90 Å². The van der Waals surface area contributed by atoms with Crippen molar-refractivity contribution >= 4 is 35.1 Å². The van der Waals surface area contributed by atoms with Gasteiger partial charge in [0.15, 0.2) is 12.6 Å². The molecule has 6 nitrogen and oxygen atoms in total. The van der Waals surface area contributed by atoms with Crippen LogP contribution in [0.15, 0.2) is 47.5 Å². The molecule has 0 aliphatic heterocycles. The number of hydrogen-bond acceptors (Lipinski definition) is 3. The van der Waals surface area contributed by atoms with Crippen LogP contribution in [0, 0.1) is 0 Å². The van der Waals surface area contributed by atoms with Gasteiger partial charge in [0.1, 0.15) is 5.75 Å². The summed E-state index contributed by atoms with van der Waals surface area (Å²) >= 11 is 12.2. The van der Waals surface area contributed by atoms with Crippen LogP contribution >= 0.6 is 23.2 Å². The van der Waals surface area contributed by atoms with Crippen molar-refractivity contribution in [3.63, 3.8) is 0 Å². The highest BCUT2D eigenvalue weighted by molar-refractivity contribution is 6.35. The number of halogens is 2. The van der Waals surface area contributed by atoms with Gasteiger partial charge in [-0.05, 0) is 42.3 Å². The fourth-order valence-electron chi connectivity index (χ4n) is 2.36. The third kappa shape index (κ3) is 7.83. The van der Waals surface area contributed by atoms with Gasteiger partial charge in [0.05, 0.1) is 6.54 Å². The van der Waals surface area contributed by atoms with Gasteiger partial charge in [0.25, 0.3) is 5.91 Å². The van der Waals surface area contributed by atoms with Gasteiger partial charge in [-0.2, -0.15) is 0 Å². The largest absolute Gasteiger partial charge is 0.484 e. The number of benzene rings is 2. The summed E-state index contributed by atoms with van der Waals surface area (Å²) in [6, 6.07) is 13.0. The van der Waals surface area contributed by atoms with Crippen molar-refractivity contribution in [1.29, 1.82) is 0 Å². The number of likely N-dealkylation sites (N-methyl/N-ethyl adjacent to an activating group) is 1. The first-order valence-corrected chi connectivity index (χ1v) is 10.0. The molecule has 0 bridgehead atoms. The highest BCUT2D eigenvalue weighted by Gasteiger charge is 2.06. The van der Waals surface area contributed by atoms with E-state index in [1.54, 1.807) is 26.2 Å². The van der Waals surface area contributed by atoms with Crippen molar-refractivity contribution in [3.8, 4) is 5.75 Å². The molecule has 2 aromatic rings. The molecule has 0 unspecified atom stereocenters. The predicted molar refractivity (Wildman–Crippen MR) is 119 cm³/mol. The fourth-order valence-corrected chi connectivity index (χ4v) is 2.84. The number of amides is 1. The molecule has 0 heterocycles. The number of guanidine groups is 1. The smallest absolute Gasteiger partial charge is 0.259 e. The lowest BCUT2D eigenvalue weighted by molar-refractivity contribution is -0.130. The molecular formula is C21H26Cl2N4O2. The van der Waals surface area contributed by atoms with E-state index >= 15 is 0 Å². The van der Waals surface area contributed by atoms with E-state index in [-0.39, 0.29) is 12.5 Å². The third-order valence-electron chi connectivity index (χ3n) is 3.98. The number of hydrogen-bond donors (Lipinski definition) is 2. The lowest BCUT2D eigenvalue weighted by Gasteiger charge is -2.13. The lowest BCUT2D eigenvalue weighted by Crippen LogP contribution is -2.36. The third-order valence-corrected chi connectivity index (χ3v) is 4.57. The van der Waals surface area contributed by atoms with Gasteiger partial charge in [-0.1, -0.05) is 41.4 Å². The molecule has 156 valence electrons. The van der Waals surface area contributed by atoms with Gasteiger partial charge in [-0.15, -0.1) is 0 Å². The van der Waals surface area contributed by atoms with Gasteiger partial charge in [0, 0.05) is 37.2 Å². The Hall–Kier alpha value is -2.44. The summed E-state index contributed by atoms with van der Waals surface area (Å²) in [5.41, 5.74) is 1.91. The zero-order chi connectivity index (χ0) is 21.2. The minimum absolute atomic E-state index is 0.00572. The summed E-state index contributed by atoms with van der Waals surface area (Å²) < 4.78 is 5.56. The van der Waals surface area contributed by atoms with Gasteiger partial charge in [-0.3, -0.25) is 4.79 Å². The van der Waals surface area contributed by atoms with E-state index in [0.717, 1.165) is 17.7 Å². The summed E-state index contributed by atoms with van der Waals surface area (Å²) in [4.78, 5) is 17.8. The number of rotatable bonds is 8. The predicted octanol–water partition coefficient (Wildman–Crippen LogP) is 3.72. The maximum Gasteiger partial charge on any atom is 0.259 e. The normalized spacial score (nSPS) is 11.1. The van der Waals surface area contributed by atoms with E-state index in [1.807, 2.05) is 37.3 Å². The molecule has 29 heavy (non-hydrogen) atoms. The fraction of sp³-hybridized carbons (Fsp3) is 0.333. The van der Waals surface area contributed by atoms with Gasteiger partial charge < -0.3 is 20.3 Å². The van der Waals surface area contributed by atoms with Crippen LogP contribution in [0.25, 0.3) is 0 Å². The zero-order valence-corrected chi connectivity index (χ0v) is 18.3.